The number of anilines is 1. The van der Waals surface area contributed by atoms with E-state index in [4.69, 9.17) is 18.9 Å². The van der Waals surface area contributed by atoms with E-state index < -0.39 is 116 Å². The normalized spacial score (nSPS) is 35.7. The Morgan fingerprint density at radius 2 is 1.50 bits per heavy atom. The smallest absolute Gasteiger partial charge is 0.354 e. The number of hydrogen-bond donors (Lipinski definition) is 11. The maximum absolute atomic E-state index is 12.2. The summed E-state index contributed by atoms with van der Waals surface area (Å²) in [7, 11) is 0. The first-order valence-electron chi connectivity index (χ1n) is 15.2. The van der Waals surface area contributed by atoms with Gasteiger partial charge >= 0.3 is 17.9 Å². The summed E-state index contributed by atoms with van der Waals surface area (Å²) in [5.41, 5.74) is 0.217. The molecule has 0 amide bonds. The molecule has 2 saturated heterocycles. The molecule has 4 aliphatic heterocycles. The van der Waals surface area contributed by atoms with E-state index in [0.29, 0.717) is 5.56 Å². The first-order chi connectivity index (χ1) is 23.6. The number of phenolic OH excluding ortho intramolecular Hbond substituents is 1. The van der Waals surface area contributed by atoms with Crippen LogP contribution in [0.15, 0.2) is 41.1 Å². The lowest BCUT2D eigenvalue weighted by atomic mass is 9.97. The van der Waals surface area contributed by atoms with Gasteiger partial charge in [-0.25, -0.2) is 14.4 Å². The Kier molecular flexibility index (Phi) is 11.1. The zero-order valence-corrected chi connectivity index (χ0v) is 25.8. The van der Waals surface area contributed by atoms with E-state index >= 15 is 0 Å². The number of hydrogen-bond acceptors (Lipinski definition) is 17. The number of aliphatic hydroxyl groups excluding tert-OH is 7. The highest BCUT2D eigenvalue weighted by molar-refractivity contribution is 6.41. The molecule has 1 aromatic carbocycles. The number of aliphatic hydroxyl groups is 7. The van der Waals surface area contributed by atoms with Crippen LogP contribution in [-0.4, -0.2) is 167 Å². The Labute approximate surface area is 281 Å². The number of aliphatic imine (C=N–C) groups is 1. The van der Waals surface area contributed by atoms with Crippen molar-refractivity contribution < 1.29 is 89.5 Å². The number of rotatable bonds is 11. The van der Waals surface area contributed by atoms with Crippen molar-refractivity contribution >= 4 is 29.3 Å². The first-order valence-corrected chi connectivity index (χ1v) is 15.2. The third-order valence-corrected chi connectivity index (χ3v) is 8.68. The fourth-order valence-corrected chi connectivity index (χ4v) is 5.98. The van der Waals surface area contributed by atoms with E-state index in [9.17, 15) is 70.6 Å². The highest BCUT2D eigenvalue weighted by Crippen LogP contribution is 2.42. The molecule has 0 aromatic heterocycles. The molecule has 0 spiro atoms. The Hall–Kier alpha value is -4.22. The average molecular weight is 713 g/mol. The van der Waals surface area contributed by atoms with Crippen molar-refractivity contribution in [2.45, 2.75) is 86.3 Å². The second-order valence-electron chi connectivity index (χ2n) is 11.9. The van der Waals surface area contributed by atoms with Crippen molar-refractivity contribution in [2.24, 2.45) is 4.99 Å². The van der Waals surface area contributed by atoms with Gasteiger partial charge in [-0.05, 0) is 29.4 Å². The van der Waals surface area contributed by atoms with Gasteiger partial charge in [0.1, 0.15) is 54.5 Å². The van der Waals surface area contributed by atoms with Crippen LogP contribution in [0.25, 0.3) is 0 Å². The summed E-state index contributed by atoms with van der Waals surface area (Å²) < 4.78 is 22.4. The van der Waals surface area contributed by atoms with Crippen LogP contribution in [0.2, 0.25) is 0 Å². The quantitative estimate of drug-likeness (QED) is 0.104. The van der Waals surface area contributed by atoms with Gasteiger partial charge in [0.2, 0.25) is 6.29 Å². The van der Waals surface area contributed by atoms with Crippen molar-refractivity contribution in [3.05, 3.63) is 41.6 Å². The number of aromatic hydroxyl groups is 1. The molecule has 20 nitrogen and oxygen atoms in total. The maximum Gasteiger partial charge on any atom is 0.354 e. The summed E-state index contributed by atoms with van der Waals surface area (Å²) in [4.78, 5) is 40.2. The fraction of sp³-hybridized carbons (Fsp3) is 0.533. The molecule has 20 heteroatoms. The second-order valence-corrected chi connectivity index (χ2v) is 11.9. The summed E-state index contributed by atoms with van der Waals surface area (Å²) in [5, 5.41) is 111. The molecule has 11 N–H and O–H groups in total. The van der Waals surface area contributed by atoms with Gasteiger partial charge in [-0.15, -0.1) is 0 Å². The Morgan fingerprint density at radius 1 is 0.860 bits per heavy atom. The van der Waals surface area contributed by atoms with E-state index in [-0.39, 0.29) is 29.9 Å². The van der Waals surface area contributed by atoms with E-state index in [2.05, 4.69) is 4.99 Å². The molecule has 0 aliphatic carbocycles. The average Bonchev–Trinajstić information content (AvgIpc) is 3.43. The van der Waals surface area contributed by atoms with Crippen LogP contribution in [0.3, 0.4) is 0 Å². The maximum atomic E-state index is 12.2. The molecular weight excluding hydrogens is 676 g/mol. The SMILES string of the molecule is O=C(O)C1=N[C@H](C(=O)O)CC(/C=C/N2c3cc(O)c(O[C@@H]4O[C@H](CO)[C@@H](O)[C@H](O)[C@H]4O[C@@H]4O[C@H](CO)[C@@H](O)[C@H](O)[C@H]4O)cc3C[C@H]2C(=O)O)=C1. The van der Waals surface area contributed by atoms with Gasteiger partial charge in [0.15, 0.2) is 29.9 Å². The Balaban J connectivity index is 1.42. The summed E-state index contributed by atoms with van der Waals surface area (Å²) in [6.07, 6.45) is -13.9. The number of fused-ring (bicyclic) bond motifs is 1. The van der Waals surface area contributed by atoms with Crippen LogP contribution in [0, 0.1) is 0 Å². The van der Waals surface area contributed by atoms with Gasteiger partial charge in [0.25, 0.3) is 0 Å². The first kappa shape index (κ1) is 37.0. The molecule has 5 rings (SSSR count). The number of carboxylic acid groups (broad SMARTS) is 3. The molecule has 4 aliphatic rings. The Morgan fingerprint density at radius 3 is 2.10 bits per heavy atom. The van der Waals surface area contributed by atoms with E-state index in [1.54, 1.807) is 0 Å². The minimum Gasteiger partial charge on any atom is -0.504 e. The number of allylic oxidation sites excluding steroid dienone is 1. The van der Waals surface area contributed by atoms with Crippen LogP contribution in [0.4, 0.5) is 5.69 Å². The Bertz CT molecular complexity index is 1560. The van der Waals surface area contributed by atoms with Crippen LogP contribution in [-0.2, 0) is 35.0 Å². The van der Waals surface area contributed by atoms with Gasteiger partial charge < -0.3 is 80.0 Å². The molecule has 12 atom stereocenters. The van der Waals surface area contributed by atoms with Gasteiger partial charge in [0.05, 0.1) is 13.2 Å². The minimum atomic E-state index is -1.92. The third kappa shape index (κ3) is 7.30. The molecule has 0 unspecified atom stereocenters. The zero-order chi connectivity index (χ0) is 36.6. The van der Waals surface area contributed by atoms with Crippen molar-refractivity contribution in [1.29, 1.82) is 0 Å². The number of dihydropyridines is 1. The molecule has 2 fully saturated rings. The molecular formula is C30H36N2O18. The van der Waals surface area contributed by atoms with Crippen LogP contribution >= 0.6 is 0 Å². The van der Waals surface area contributed by atoms with Crippen LogP contribution in [0.1, 0.15) is 12.0 Å². The molecule has 0 radical (unpaired) electrons. The van der Waals surface area contributed by atoms with Gasteiger partial charge in [0, 0.05) is 30.8 Å². The molecule has 4 heterocycles. The molecule has 0 saturated carbocycles. The topological polar surface area (TPSA) is 326 Å². The summed E-state index contributed by atoms with van der Waals surface area (Å²) in [6.45, 7) is -1.61. The van der Waals surface area contributed by atoms with Gasteiger partial charge in [-0.1, -0.05) is 0 Å². The van der Waals surface area contributed by atoms with Crippen molar-refractivity contribution in [3.8, 4) is 11.5 Å². The predicted molar refractivity (Wildman–Crippen MR) is 161 cm³/mol. The van der Waals surface area contributed by atoms with Gasteiger partial charge in [-0.2, -0.15) is 0 Å². The summed E-state index contributed by atoms with van der Waals surface area (Å²) in [6, 6.07) is -0.227. The lowest BCUT2D eigenvalue weighted by Crippen LogP contribution is -2.65. The number of ether oxygens (including phenoxy) is 4. The second kappa shape index (κ2) is 14.9. The lowest BCUT2D eigenvalue weighted by molar-refractivity contribution is -0.358. The van der Waals surface area contributed by atoms with Crippen molar-refractivity contribution in [3.63, 3.8) is 0 Å². The molecule has 0 bridgehead atoms. The number of phenols is 1. The highest BCUT2D eigenvalue weighted by Gasteiger charge is 2.51. The number of carbonyl (C=O) groups is 3. The minimum absolute atomic E-state index is 0.152. The monoisotopic (exact) mass is 712 g/mol. The molecule has 274 valence electrons. The van der Waals surface area contributed by atoms with Crippen molar-refractivity contribution in [1.82, 2.24) is 0 Å². The predicted octanol–water partition coefficient (Wildman–Crippen LogP) is -3.97. The van der Waals surface area contributed by atoms with Crippen LogP contribution < -0.4 is 9.64 Å². The lowest BCUT2D eigenvalue weighted by Gasteiger charge is -2.45. The number of aliphatic carboxylic acids is 3. The fourth-order valence-electron chi connectivity index (χ4n) is 5.98. The molecule has 1 aromatic rings. The van der Waals surface area contributed by atoms with E-state index in [1.807, 2.05) is 0 Å². The van der Waals surface area contributed by atoms with Crippen molar-refractivity contribution in [2.75, 3.05) is 18.1 Å². The standard InChI is InChI=1S/C30H36N2O18/c33-8-18-20(36)22(38)24(40)29(48-18)50-25-23(39)21(37)19(9-34)49-30(25)47-17-6-11-5-15(28(45)46)32(14(11)7-16(17)35)2-1-10-3-12(26(41)42)31-13(4-10)27(43)44/h1-3,6-7,13,15,18-25,29-30,33-40H,4-5,8-9H2,(H,41,42)(H,43,44)(H,45,46)/b2-1+/t13-,15-,18+,19+,20+,21+,22-,23-,24+,25+,29-,30+/m0/s1. The number of nitrogens with zero attached hydrogens (tertiary/aromatic N) is 2. The summed E-state index contributed by atoms with van der Waals surface area (Å²) >= 11 is 0. The molecule has 50 heavy (non-hydrogen) atoms. The summed E-state index contributed by atoms with van der Waals surface area (Å²) in [5.74, 6) is -5.02. The van der Waals surface area contributed by atoms with E-state index in [0.717, 1.165) is 12.1 Å². The van der Waals surface area contributed by atoms with E-state index in [1.165, 1.54) is 23.2 Å². The number of benzene rings is 1. The number of carboxylic acids is 3. The zero-order valence-electron chi connectivity index (χ0n) is 25.8. The van der Waals surface area contributed by atoms with Crippen LogP contribution in [0.5, 0.6) is 11.5 Å². The van der Waals surface area contributed by atoms with Gasteiger partial charge in [-0.3, -0.25) is 4.99 Å². The highest BCUT2D eigenvalue weighted by atomic mass is 16.8. The third-order valence-electron chi connectivity index (χ3n) is 8.68. The largest absolute Gasteiger partial charge is 0.504 e.